The first kappa shape index (κ1) is 9.16. The smallest absolute Gasteiger partial charge is 0.252 e. The lowest BCUT2D eigenvalue weighted by Crippen LogP contribution is -2.16. The monoisotopic (exact) mass is 191 g/mol. The molecule has 1 heterocycles. The van der Waals surface area contributed by atoms with Crippen molar-refractivity contribution in [2.45, 2.75) is 31.8 Å². The fourth-order valence-electron chi connectivity index (χ4n) is 1.98. The zero-order valence-corrected chi connectivity index (χ0v) is 7.93. The van der Waals surface area contributed by atoms with Crippen LogP contribution in [0.3, 0.4) is 0 Å². The van der Waals surface area contributed by atoms with Crippen LogP contribution in [0.5, 0.6) is 0 Å². The maximum absolute atomic E-state index is 8.55. The second-order valence-electron chi connectivity index (χ2n) is 3.84. The molecule has 0 saturated heterocycles. The number of hydrogen-bond donors (Lipinski definition) is 1. The molecule has 1 aromatic heterocycles. The Bertz CT molecular complexity index is 350. The van der Waals surface area contributed by atoms with Crippen molar-refractivity contribution in [3.8, 4) is 6.07 Å². The van der Waals surface area contributed by atoms with Crippen molar-refractivity contribution in [2.75, 3.05) is 0 Å². The molecule has 74 valence electrons. The quantitative estimate of drug-likeness (QED) is 0.728. The molecular formula is C9H13N5. The Balaban J connectivity index is 1.95. The van der Waals surface area contributed by atoms with E-state index in [1.54, 1.807) is 11.0 Å². The van der Waals surface area contributed by atoms with E-state index in [2.05, 4.69) is 10.1 Å². The number of nitrogens with two attached hydrogens (primary N) is 1. The Hall–Kier alpha value is -1.41. The van der Waals surface area contributed by atoms with Crippen molar-refractivity contribution in [3.05, 3.63) is 12.2 Å². The van der Waals surface area contributed by atoms with Crippen molar-refractivity contribution >= 4 is 0 Å². The minimum Gasteiger partial charge on any atom is -0.328 e. The summed E-state index contributed by atoms with van der Waals surface area (Å²) < 4.78 is 1.74. The van der Waals surface area contributed by atoms with Gasteiger partial charge in [-0.05, 0) is 25.2 Å². The molecule has 2 rings (SSSR count). The predicted octanol–water partition coefficient (Wildman–Crippen LogP) is 0.277. The molecule has 1 aromatic rings. The summed E-state index contributed by atoms with van der Waals surface area (Å²) in [5.41, 5.74) is 5.81. The van der Waals surface area contributed by atoms with E-state index >= 15 is 0 Å². The molecule has 5 nitrogen and oxygen atoms in total. The topological polar surface area (TPSA) is 80.5 Å². The normalized spacial score (nSPS) is 26.3. The highest BCUT2D eigenvalue weighted by Crippen LogP contribution is 2.25. The molecule has 0 bridgehead atoms. The molecule has 1 aliphatic rings. The number of hydrogen-bond acceptors (Lipinski definition) is 4. The first-order valence-electron chi connectivity index (χ1n) is 4.83. The Morgan fingerprint density at radius 2 is 2.50 bits per heavy atom. The van der Waals surface area contributed by atoms with E-state index in [1.165, 1.54) is 0 Å². The maximum Gasteiger partial charge on any atom is 0.252 e. The molecule has 14 heavy (non-hydrogen) atoms. The van der Waals surface area contributed by atoms with Crippen LogP contribution in [-0.2, 0) is 6.54 Å². The van der Waals surface area contributed by atoms with Crippen LogP contribution in [0.1, 0.15) is 25.1 Å². The molecule has 1 fully saturated rings. The summed E-state index contributed by atoms with van der Waals surface area (Å²) >= 11 is 0. The van der Waals surface area contributed by atoms with Crippen LogP contribution in [0.25, 0.3) is 0 Å². The Labute approximate surface area is 82.5 Å². The second kappa shape index (κ2) is 3.76. The number of nitriles is 1. The Kier molecular flexibility index (Phi) is 2.46. The summed E-state index contributed by atoms with van der Waals surface area (Å²) in [6.07, 6.45) is 4.93. The molecule has 1 aliphatic carbocycles. The summed E-state index contributed by atoms with van der Waals surface area (Å²) in [5, 5.41) is 12.6. The first-order chi connectivity index (χ1) is 6.78. The minimum absolute atomic E-state index is 0.243. The summed E-state index contributed by atoms with van der Waals surface area (Å²) in [4.78, 5) is 3.86. The summed E-state index contributed by atoms with van der Waals surface area (Å²) in [6, 6.07) is 2.26. The zero-order chi connectivity index (χ0) is 9.97. The van der Waals surface area contributed by atoms with Gasteiger partial charge in [0.05, 0.1) is 0 Å². The summed E-state index contributed by atoms with van der Waals surface area (Å²) in [7, 11) is 0. The lowest BCUT2D eigenvalue weighted by atomic mass is 10.1. The molecule has 0 aliphatic heterocycles. The van der Waals surface area contributed by atoms with E-state index in [9.17, 15) is 0 Å². The number of nitrogens with zero attached hydrogens (tertiary/aromatic N) is 4. The van der Waals surface area contributed by atoms with Gasteiger partial charge in [-0.3, -0.25) is 4.68 Å². The van der Waals surface area contributed by atoms with Gasteiger partial charge in [-0.2, -0.15) is 5.26 Å². The van der Waals surface area contributed by atoms with E-state index in [0.717, 1.165) is 25.8 Å². The largest absolute Gasteiger partial charge is 0.328 e. The summed E-state index contributed by atoms with van der Waals surface area (Å²) in [5.74, 6) is 0.838. The average molecular weight is 191 g/mol. The number of rotatable bonds is 2. The molecule has 2 unspecified atom stereocenters. The Morgan fingerprint density at radius 1 is 1.64 bits per heavy atom. The fourth-order valence-corrected chi connectivity index (χ4v) is 1.98. The van der Waals surface area contributed by atoms with Gasteiger partial charge in [0.1, 0.15) is 12.4 Å². The Morgan fingerprint density at radius 3 is 3.07 bits per heavy atom. The van der Waals surface area contributed by atoms with Crippen LogP contribution in [0, 0.1) is 17.2 Å². The van der Waals surface area contributed by atoms with Gasteiger partial charge >= 0.3 is 0 Å². The van der Waals surface area contributed by atoms with Crippen molar-refractivity contribution in [1.82, 2.24) is 14.8 Å². The molecule has 0 radical (unpaired) electrons. The third-order valence-electron chi connectivity index (χ3n) is 2.66. The highest BCUT2D eigenvalue weighted by molar-refractivity contribution is 5.05. The van der Waals surface area contributed by atoms with Gasteiger partial charge in [0.15, 0.2) is 0 Å². The highest BCUT2D eigenvalue weighted by Gasteiger charge is 2.22. The van der Waals surface area contributed by atoms with Crippen LogP contribution in [0.2, 0.25) is 0 Å². The second-order valence-corrected chi connectivity index (χ2v) is 3.84. The van der Waals surface area contributed by atoms with E-state index in [0.29, 0.717) is 12.0 Å². The van der Waals surface area contributed by atoms with E-state index in [-0.39, 0.29) is 5.82 Å². The van der Waals surface area contributed by atoms with Gasteiger partial charge in [-0.15, -0.1) is 5.10 Å². The molecule has 1 saturated carbocycles. The number of aromatic nitrogens is 3. The minimum atomic E-state index is 0.243. The predicted molar refractivity (Wildman–Crippen MR) is 50.1 cm³/mol. The third kappa shape index (κ3) is 1.91. The molecule has 2 N–H and O–H groups in total. The van der Waals surface area contributed by atoms with Crippen molar-refractivity contribution in [2.24, 2.45) is 11.7 Å². The fraction of sp³-hybridized carbons (Fsp3) is 0.667. The zero-order valence-electron chi connectivity index (χ0n) is 7.93. The van der Waals surface area contributed by atoms with Crippen LogP contribution in [0.4, 0.5) is 0 Å². The first-order valence-corrected chi connectivity index (χ1v) is 4.83. The van der Waals surface area contributed by atoms with Gasteiger partial charge in [0.2, 0.25) is 0 Å². The van der Waals surface area contributed by atoms with Crippen molar-refractivity contribution < 1.29 is 0 Å². The molecule has 0 spiro atoms. The van der Waals surface area contributed by atoms with Gasteiger partial charge in [0.25, 0.3) is 5.82 Å². The van der Waals surface area contributed by atoms with Gasteiger partial charge in [-0.1, -0.05) is 0 Å². The van der Waals surface area contributed by atoms with Crippen molar-refractivity contribution in [3.63, 3.8) is 0 Å². The average Bonchev–Trinajstić information content (AvgIpc) is 2.76. The molecular weight excluding hydrogens is 178 g/mol. The van der Waals surface area contributed by atoms with E-state index < -0.39 is 0 Å². The maximum atomic E-state index is 8.55. The van der Waals surface area contributed by atoms with E-state index in [1.807, 2.05) is 6.07 Å². The van der Waals surface area contributed by atoms with Crippen LogP contribution in [0.15, 0.2) is 6.33 Å². The SMILES string of the molecule is N#Cc1ncn(CC2CCC(N)C2)n1. The van der Waals surface area contributed by atoms with Crippen molar-refractivity contribution in [1.29, 1.82) is 5.26 Å². The molecule has 2 atom stereocenters. The van der Waals surface area contributed by atoms with Gasteiger partial charge in [-0.25, -0.2) is 4.98 Å². The van der Waals surface area contributed by atoms with Gasteiger partial charge in [0, 0.05) is 12.6 Å². The molecule has 0 amide bonds. The van der Waals surface area contributed by atoms with Crippen LogP contribution in [-0.4, -0.2) is 20.8 Å². The lowest BCUT2D eigenvalue weighted by Gasteiger charge is -2.07. The standard InChI is InChI=1S/C9H13N5/c10-4-9-12-6-14(13-9)5-7-1-2-8(11)3-7/h6-8H,1-3,5,11H2. The third-order valence-corrected chi connectivity index (χ3v) is 2.66. The molecule has 5 heteroatoms. The highest BCUT2D eigenvalue weighted by atomic mass is 15.3. The van der Waals surface area contributed by atoms with Gasteiger partial charge < -0.3 is 5.73 Å². The van der Waals surface area contributed by atoms with Crippen LogP contribution < -0.4 is 5.73 Å². The van der Waals surface area contributed by atoms with Crippen LogP contribution >= 0.6 is 0 Å². The molecule has 0 aromatic carbocycles. The lowest BCUT2D eigenvalue weighted by molar-refractivity contribution is 0.423. The summed E-state index contributed by atoms with van der Waals surface area (Å²) in [6.45, 7) is 0.836. The van der Waals surface area contributed by atoms with E-state index in [4.69, 9.17) is 11.0 Å².